The van der Waals surface area contributed by atoms with Gasteiger partial charge in [0.1, 0.15) is 5.70 Å². The Morgan fingerprint density at radius 2 is 2.12 bits per heavy atom. The van der Waals surface area contributed by atoms with Gasteiger partial charge >= 0.3 is 5.97 Å². The summed E-state index contributed by atoms with van der Waals surface area (Å²) in [4.78, 5) is 24.3. The molecule has 0 aromatic carbocycles. The van der Waals surface area contributed by atoms with Crippen molar-refractivity contribution < 1.29 is 14.3 Å². The summed E-state index contributed by atoms with van der Waals surface area (Å²) >= 11 is 1.95. The number of amides is 1. The molecule has 0 radical (unpaired) electrons. The quantitative estimate of drug-likeness (QED) is 0.234. The smallest absolute Gasteiger partial charge is 0.354 e. The molecule has 16 heavy (non-hydrogen) atoms. The van der Waals surface area contributed by atoms with Gasteiger partial charge in [-0.05, 0) is 13.3 Å². The molecule has 0 atom stereocenters. The van der Waals surface area contributed by atoms with Crippen molar-refractivity contribution in [3.05, 3.63) is 24.9 Å². The van der Waals surface area contributed by atoms with Crippen LogP contribution in [-0.2, 0) is 14.3 Å². The van der Waals surface area contributed by atoms with Crippen LogP contribution in [0.15, 0.2) is 24.9 Å². The molecule has 0 rings (SSSR count). The second-order valence-corrected chi connectivity index (χ2v) is 3.69. The zero-order valence-electron chi connectivity index (χ0n) is 9.37. The van der Waals surface area contributed by atoms with Crippen LogP contribution in [0.3, 0.4) is 0 Å². The summed E-state index contributed by atoms with van der Waals surface area (Å²) in [7, 11) is 0. The summed E-state index contributed by atoms with van der Waals surface area (Å²) in [5, 5.41) is 0. The first-order valence-corrected chi connectivity index (χ1v) is 6.44. The number of nitrogens with zero attached hydrogens (tertiary/aromatic N) is 1. The van der Waals surface area contributed by atoms with Crippen LogP contribution in [0, 0.1) is 0 Å². The summed E-state index contributed by atoms with van der Waals surface area (Å²) < 4.78 is 5.10. The number of carbonyl (C=O) groups excluding carboxylic acids is 2. The molecule has 0 N–H and O–H groups in total. The van der Waals surface area contributed by atoms with Crippen molar-refractivity contribution in [3.8, 4) is 0 Å². The monoisotopic (exact) mass is 337 g/mol. The van der Waals surface area contributed by atoms with Crippen molar-refractivity contribution in [2.24, 2.45) is 0 Å². The van der Waals surface area contributed by atoms with Crippen molar-refractivity contribution in [2.75, 3.05) is 17.6 Å². The van der Waals surface area contributed by atoms with Crippen LogP contribution in [-0.4, -0.2) is 34.4 Å². The zero-order valence-corrected chi connectivity index (χ0v) is 11.5. The maximum absolute atomic E-state index is 11.6. The molecule has 0 aliphatic rings. The molecule has 0 saturated heterocycles. The molecule has 0 saturated carbocycles. The molecule has 5 heteroatoms. The summed E-state index contributed by atoms with van der Waals surface area (Å²) in [6, 6.07) is 0. The van der Waals surface area contributed by atoms with E-state index in [1.807, 2.05) is 22.6 Å². The lowest BCUT2D eigenvalue weighted by Gasteiger charge is -2.21. The highest BCUT2D eigenvalue weighted by Crippen LogP contribution is 2.08. The summed E-state index contributed by atoms with van der Waals surface area (Å²) in [5.74, 6) is -0.703. The van der Waals surface area contributed by atoms with Crippen LogP contribution in [0.5, 0.6) is 0 Å². The predicted octanol–water partition coefficient (Wildman–Crippen LogP) is 1.90. The number of ether oxygens (including phenoxy) is 1. The number of rotatable bonds is 7. The third kappa shape index (κ3) is 4.78. The number of hydrogen-bond acceptors (Lipinski definition) is 3. The van der Waals surface area contributed by atoms with Crippen molar-refractivity contribution in [1.82, 2.24) is 4.90 Å². The lowest BCUT2D eigenvalue weighted by molar-refractivity contribution is -0.143. The van der Waals surface area contributed by atoms with E-state index in [4.69, 9.17) is 4.74 Å². The standard InChI is InChI=1S/C11H16INO3/c1-4-6-7-13(10(14)8-12)9(3)11(15)16-5-2/h4H,1,3,5-8H2,2H3. The maximum atomic E-state index is 11.6. The Bertz CT molecular complexity index is 289. The van der Waals surface area contributed by atoms with E-state index in [0.717, 1.165) is 0 Å². The van der Waals surface area contributed by atoms with Crippen LogP contribution in [0.4, 0.5) is 0 Å². The molecule has 0 aromatic rings. The molecule has 0 aliphatic heterocycles. The summed E-state index contributed by atoms with van der Waals surface area (Å²) in [6.07, 6.45) is 2.30. The minimum Gasteiger partial charge on any atom is -0.461 e. The average molecular weight is 337 g/mol. The van der Waals surface area contributed by atoms with Gasteiger partial charge in [0, 0.05) is 6.54 Å². The van der Waals surface area contributed by atoms with Gasteiger partial charge in [-0.3, -0.25) is 4.79 Å². The minimum absolute atomic E-state index is 0.0883. The lowest BCUT2D eigenvalue weighted by Crippen LogP contribution is -2.35. The van der Waals surface area contributed by atoms with Crippen LogP contribution < -0.4 is 0 Å². The molecule has 0 spiro atoms. The maximum Gasteiger partial charge on any atom is 0.354 e. The predicted molar refractivity (Wildman–Crippen MR) is 71.2 cm³/mol. The highest BCUT2D eigenvalue weighted by Gasteiger charge is 2.21. The lowest BCUT2D eigenvalue weighted by atomic mass is 10.3. The molecule has 90 valence electrons. The molecule has 0 heterocycles. The fourth-order valence-corrected chi connectivity index (χ4v) is 1.44. The van der Waals surface area contributed by atoms with Gasteiger partial charge < -0.3 is 9.64 Å². The third-order valence-electron chi connectivity index (χ3n) is 1.81. The van der Waals surface area contributed by atoms with E-state index in [1.165, 1.54) is 4.90 Å². The van der Waals surface area contributed by atoms with E-state index < -0.39 is 5.97 Å². The first-order valence-electron chi connectivity index (χ1n) is 4.91. The Kier molecular flexibility index (Phi) is 7.88. The molecule has 0 aromatic heterocycles. The van der Waals surface area contributed by atoms with Gasteiger partial charge in [-0.25, -0.2) is 4.79 Å². The highest BCUT2D eigenvalue weighted by atomic mass is 127. The summed E-state index contributed by atoms with van der Waals surface area (Å²) in [6.45, 7) is 9.54. The molecule has 1 amide bonds. The fraction of sp³-hybridized carbons (Fsp3) is 0.455. The third-order valence-corrected chi connectivity index (χ3v) is 2.46. The van der Waals surface area contributed by atoms with Gasteiger partial charge in [0.2, 0.25) is 5.91 Å². The Morgan fingerprint density at radius 1 is 1.50 bits per heavy atom. The minimum atomic E-state index is -0.551. The largest absolute Gasteiger partial charge is 0.461 e. The van der Waals surface area contributed by atoms with Crippen LogP contribution >= 0.6 is 22.6 Å². The van der Waals surface area contributed by atoms with E-state index in [1.54, 1.807) is 13.0 Å². The average Bonchev–Trinajstić information content (AvgIpc) is 2.29. The van der Waals surface area contributed by atoms with E-state index in [0.29, 0.717) is 17.4 Å². The summed E-state index contributed by atoms with van der Waals surface area (Å²) in [5.41, 5.74) is 0.0883. The van der Waals surface area contributed by atoms with Crippen molar-refractivity contribution >= 4 is 34.5 Å². The van der Waals surface area contributed by atoms with Gasteiger partial charge in [-0.1, -0.05) is 35.2 Å². The topological polar surface area (TPSA) is 46.6 Å². The second kappa shape index (κ2) is 8.32. The first-order chi connectivity index (χ1) is 7.58. The fourth-order valence-electron chi connectivity index (χ4n) is 1.03. The van der Waals surface area contributed by atoms with Crippen LogP contribution in [0.1, 0.15) is 13.3 Å². The van der Waals surface area contributed by atoms with Gasteiger partial charge in [-0.15, -0.1) is 6.58 Å². The highest BCUT2D eigenvalue weighted by molar-refractivity contribution is 14.1. The SMILES string of the molecule is C=CCCN(C(=C)C(=O)OCC)C(=O)CI. The number of halogens is 1. The molecule has 0 aliphatic carbocycles. The molecule has 4 nitrogen and oxygen atoms in total. The van der Waals surface area contributed by atoms with E-state index >= 15 is 0 Å². The zero-order chi connectivity index (χ0) is 12.6. The number of alkyl halides is 1. The number of carbonyl (C=O) groups is 2. The van der Waals surface area contributed by atoms with Crippen LogP contribution in [0.2, 0.25) is 0 Å². The Labute approximate surface area is 109 Å². The molecule has 0 bridgehead atoms. The first kappa shape index (κ1) is 15.2. The van der Waals surface area contributed by atoms with Crippen molar-refractivity contribution in [1.29, 1.82) is 0 Å². The second-order valence-electron chi connectivity index (χ2n) is 2.92. The van der Waals surface area contributed by atoms with E-state index in [9.17, 15) is 9.59 Å². The number of hydrogen-bond donors (Lipinski definition) is 0. The van der Waals surface area contributed by atoms with Gasteiger partial charge in [0.25, 0.3) is 0 Å². The molecular weight excluding hydrogens is 321 g/mol. The Morgan fingerprint density at radius 3 is 2.56 bits per heavy atom. The molecule has 0 unspecified atom stereocenters. The Hall–Kier alpha value is -0.850. The van der Waals surface area contributed by atoms with Gasteiger partial charge in [0.15, 0.2) is 0 Å². The van der Waals surface area contributed by atoms with Crippen LogP contribution in [0.25, 0.3) is 0 Å². The normalized spacial score (nSPS) is 9.38. The molecular formula is C11H16INO3. The number of esters is 1. The van der Waals surface area contributed by atoms with E-state index in [-0.39, 0.29) is 18.2 Å². The van der Waals surface area contributed by atoms with Crippen molar-refractivity contribution in [3.63, 3.8) is 0 Å². The Balaban J connectivity index is 4.60. The van der Waals surface area contributed by atoms with Crippen molar-refractivity contribution in [2.45, 2.75) is 13.3 Å². The van der Waals surface area contributed by atoms with E-state index in [2.05, 4.69) is 13.2 Å². The molecule has 0 fully saturated rings. The van der Waals surface area contributed by atoms with Gasteiger partial charge in [-0.2, -0.15) is 0 Å². The van der Waals surface area contributed by atoms with Gasteiger partial charge in [0.05, 0.1) is 11.0 Å².